The molecule has 2 aromatic rings. The van der Waals surface area contributed by atoms with Gasteiger partial charge in [0.15, 0.2) is 5.84 Å². The molecule has 0 aliphatic carbocycles. The number of hydrogen-bond acceptors (Lipinski definition) is 12. The van der Waals surface area contributed by atoms with E-state index in [1.807, 2.05) is 12.3 Å². The maximum absolute atomic E-state index is 13.3. The Bertz CT molecular complexity index is 1530. The molecule has 17 nitrogen and oxygen atoms in total. The van der Waals surface area contributed by atoms with Crippen LogP contribution in [0.2, 0.25) is 0 Å². The van der Waals surface area contributed by atoms with Crippen LogP contribution in [0.25, 0.3) is 0 Å². The molecular weight excluding hydrogens is 596 g/mol. The number of hydroxylamine groups is 3. The molecule has 2 aromatic heterocycles. The van der Waals surface area contributed by atoms with E-state index in [2.05, 4.69) is 30.2 Å². The summed E-state index contributed by atoms with van der Waals surface area (Å²) in [6.07, 6.45) is 0.383. The molecule has 4 rings (SSSR count). The van der Waals surface area contributed by atoms with Gasteiger partial charge in [-0.3, -0.25) is 14.2 Å². The largest absolute Gasteiger partial charge is 0.458 e. The average Bonchev–Trinajstić information content (AvgIpc) is 3.51. The highest BCUT2D eigenvalue weighted by Gasteiger charge is 2.53. The van der Waals surface area contributed by atoms with Gasteiger partial charge >= 0.3 is 28.5 Å². The molecule has 1 fully saturated rings. The summed E-state index contributed by atoms with van der Waals surface area (Å²) >= 11 is 1.35. The first-order valence-corrected chi connectivity index (χ1v) is 14.8. The minimum Gasteiger partial charge on any atom is -0.458 e. The number of carbonyl (C=O) groups is 3. The molecule has 4 heterocycles. The summed E-state index contributed by atoms with van der Waals surface area (Å²) in [5.41, 5.74) is 1.86. The molecule has 19 heteroatoms. The minimum atomic E-state index is -5.03. The van der Waals surface area contributed by atoms with Crippen molar-refractivity contribution in [1.29, 1.82) is 0 Å². The highest BCUT2D eigenvalue weighted by atomic mass is 32.3. The van der Waals surface area contributed by atoms with Crippen molar-refractivity contribution in [3.05, 3.63) is 33.5 Å². The topological polar surface area (TPSA) is 207 Å². The van der Waals surface area contributed by atoms with Gasteiger partial charge < -0.3 is 19.8 Å². The highest BCUT2D eigenvalue weighted by molar-refractivity contribution is 7.80. The van der Waals surface area contributed by atoms with Crippen molar-refractivity contribution < 1.29 is 41.2 Å². The van der Waals surface area contributed by atoms with E-state index in [4.69, 9.17) is 9.57 Å². The van der Waals surface area contributed by atoms with Gasteiger partial charge in [0.1, 0.15) is 28.2 Å². The van der Waals surface area contributed by atoms with E-state index in [0.29, 0.717) is 21.3 Å². The van der Waals surface area contributed by atoms with Crippen LogP contribution in [-0.4, -0.2) is 79.3 Å². The Kier molecular flexibility index (Phi) is 8.24. The van der Waals surface area contributed by atoms with Gasteiger partial charge in [0.2, 0.25) is 0 Å². The van der Waals surface area contributed by atoms with Crippen molar-refractivity contribution in [3.63, 3.8) is 0 Å². The number of urea groups is 1. The van der Waals surface area contributed by atoms with Crippen LogP contribution in [0.1, 0.15) is 68.7 Å². The van der Waals surface area contributed by atoms with E-state index in [0.717, 1.165) is 5.69 Å². The lowest BCUT2D eigenvalue weighted by Crippen LogP contribution is -2.54. The van der Waals surface area contributed by atoms with E-state index in [1.54, 1.807) is 27.8 Å². The lowest BCUT2D eigenvalue weighted by atomic mass is 9.97. The third kappa shape index (κ3) is 6.80. The second-order valence-electron chi connectivity index (χ2n) is 11.1. The van der Waals surface area contributed by atoms with E-state index in [1.165, 1.54) is 41.0 Å². The molecule has 0 unspecified atom stereocenters. The number of rotatable bonds is 7. The smallest absolute Gasteiger partial charge is 0.432 e. The molecule has 0 saturated carbocycles. The Morgan fingerprint density at radius 1 is 1.26 bits per heavy atom. The van der Waals surface area contributed by atoms with E-state index < -0.39 is 51.7 Å². The van der Waals surface area contributed by atoms with Crippen molar-refractivity contribution in [3.8, 4) is 0 Å². The molecule has 0 aromatic carbocycles. The normalized spacial score (nSPS) is 19.0. The lowest BCUT2D eigenvalue weighted by molar-refractivity contribution is -0.161. The van der Waals surface area contributed by atoms with Crippen LogP contribution in [-0.2, 0) is 42.6 Å². The molecule has 2 bridgehead atoms. The van der Waals surface area contributed by atoms with Crippen molar-refractivity contribution in [1.82, 2.24) is 35.5 Å². The highest BCUT2D eigenvalue weighted by Crippen LogP contribution is 2.44. The van der Waals surface area contributed by atoms with Gasteiger partial charge in [-0.2, -0.15) is 18.6 Å². The van der Waals surface area contributed by atoms with E-state index >= 15 is 0 Å². The van der Waals surface area contributed by atoms with Crippen LogP contribution in [0.15, 0.2) is 16.6 Å². The maximum atomic E-state index is 13.3. The van der Waals surface area contributed by atoms with Gasteiger partial charge in [-0.05, 0) is 41.5 Å². The van der Waals surface area contributed by atoms with Gasteiger partial charge in [-0.25, -0.2) is 24.8 Å². The minimum absolute atomic E-state index is 0.0292. The van der Waals surface area contributed by atoms with Crippen molar-refractivity contribution >= 4 is 45.7 Å². The first kappa shape index (κ1) is 31.1. The molecule has 0 spiro atoms. The Hall–Kier alpha value is -3.81. The van der Waals surface area contributed by atoms with Crippen molar-refractivity contribution in [2.45, 2.75) is 71.3 Å². The summed E-state index contributed by atoms with van der Waals surface area (Å²) in [5.74, 6) is -0.724. The zero-order valence-electron chi connectivity index (χ0n) is 23.9. The average molecular weight is 629 g/mol. The van der Waals surface area contributed by atoms with Crippen LogP contribution in [0.3, 0.4) is 0 Å². The third-order valence-corrected chi connectivity index (χ3v) is 7.39. The second kappa shape index (κ2) is 11.1. The number of esters is 1. The number of nitrogens with zero attached hydrogens (tertiary/aromatic N) is 6. The van der Waals surface area contributed by atoms with Crippen LogP contribution in [0.4, 0.5) is 9.59 Å². The summed E-state index contributed by atoms with van der Waals surface area (Å²) in [5, 5.41) is 9.67. The van der Waals surface area contributed by atoms with Gasteiger partial charge in [-0.1, -0.05) is 0 Å². The molecule has 3 N–H and O–H groups in total. The number of amides is 3. The predicted molar refractivity (Wildman–Crippen MR) is 146 cm³/mol. The molecule has 2 aliphatic rings. The Morgan fingerprint density at radius 3 is 2.55 bits per heavy atom. The molecule has 42 heavy (non-hydrogen) atoms. The van der Waals surface area contributed by atoms with Crippen LogP contribution in [0.5, 0.6) is 0 Å². The number of amidine groups is 1. The number of carbonyl (C=O) groups excluding carboxylic acids is 3. The SMILES string of the molecule is Cc1csc(CN=C(NOC(=O)NC(C)(C)C(=O)OC(C)(C)C)[C@@H]2c3c(cnn3C)[C@@H]3CN2C(=O)N3OS(=O)(=O)O)n1. The molecule has 2 aliphatic heterocycles. The molecule has 1 saturated heterocycles. The standard InChI is InChI=1S/C23H32N8O9S2/c1-12-11-41-15(26-12)9-24-18(28-39-20(33)27-23(5,6)19(32)38-22(2,3)4)17-16-13(8-25-29(16)7)14-10-30(17)21(34)31(14)40-42(35,36)37/h8,11,14,17H,9-10H2,1-7H3,(H,24,28)(H,27,33)(H,35,36,37)/t14-,17-/m0/s1. The van der Waals surface area contributed by atoms with Gasteiger partial charge in [0.05, 0.1) is 25.0 Å². The number of aromatic nitrogens is 3. The first-order chi connectivity index (χ1) is 19.4. The van der Waals surface area contributed by atoms with Gasteiger partial charge in [0, 0.05) is 23.7 Å². The first-order valence-electron chi connectivity index (χ1n) is 12.6. The number of nitrogens with one attached hydrogen (secondary N) is 2. The van der Waals surface area contributed by atoms with Crippen molar-refractivity contribution in [2.75, 3.05) is 6.54 Å². The van der Waals surface area contributed by atoms with Crippen LogP contribution < -0.4 is 10.8 Å². The Labute approximate surface area is 245 Å². The maximum Gasteiger partial charge on any atom is 0.432 e. The fraction of sp³-hybridized carbons (Fsp3) is 0.565. The van der Waals surface area contributed by atoms with Crippen LogP contribution in [0, 0.1) is 6.92 Å². The Balaban J connectivity index is 1.64. The molecular formula is C23H32N8O9S2. The molecule has 0 radical (unpaired) electrons. The van der Waals surface area contributed by atoms with Crippen LogP contribution >= 0.6 is 11.3 Å². The summed E-state index contributed by atoms with van der Waals surface area (Å²) in [6.45, 7) is 9.75. The zero-order valence-corrected chi connectivity index (χ0v) is 25.6. The summed E-state index contributed by atoms with van der Waals surface area (Å²) in [4.78, 5) is 54.1. The summed E-state index contributed by atoms with van der Waals surface area (Å²) < 4.78 is 43.7. The second-order valence-corrected chi connectivity index (χ2v) is 13.1. The molecule has 3 amide bonds. The molecule has 2 atom stereocenters. The number of aryl methyl sites for hydroxylation is 2. The Morgan fingerprint density at radius 2 is 1.95 bits per heavy atom. The van der Waals surface area contributed by atoms with Gasteiger partial charge in [-0.15, -0.1) is 15.6 Å². The number of thiazole rings is 1. The quantitative estimate of drug-likeness (QED) is 0.132. The predicted octanol–water partition coefficient (Wildman–Crippen LogP) is 1.70. The third-order valence-electron chi connectivity index (χ3n) is 6.09. The summed E-state index contributed by atoms with van der Waals surface area (Å²) in [7, 11) is -3.42. The number of hydrogen-bond donors (Lipinski definition) is 3. The summed E-state index contributed by atoms with van der Waals surface area (Å²) in [6, 6.07) is -2.87. The zero-order chi connectivity index (χ0) is 31.2. The van der Waals surface area contributed by atoms with Crippen molar-refractivity contribution in [2.24, 2.45) is 12.0 Å². The van der Waals surface area contributed by atoms with Gasteiger partial charge in [0.25, 0.3) is 0 Å². The monoisotopic (exact) mass is 628 g/mol. The number of ether oxygens (including phenoxy) is 1. The fourth-order valence-corrected chi connectivity index (χ4v) is 5.41. The lowest BCUT2D eigenvalue weighted by Gasteiger charge is -2.32. The number of aliphatic imine (C=N–C) groups is 1. The van der Waals surface area contributed by atoms with E-state index in [-0.39, 0.29) is 18.9 Å². The number of fused-ring (bicyclic) bond motifs is 4. The molecule has 230 valence electrons. The van der Waals surface area contributed by atoms with E-state index in [9.17, 15) is 27.4 Å². The fourth-order valence-electron chi connectivity index (χ4n) is 4.34.